The summed E-state index contributed by atoms with van der Waals surface area (Å²) in [7, 11) is 0. The molecule has 1 aromatic heterocycles. The Morgan fingerprint density at radius 1 is 1.08 bits per heavy atom. The molecule has 1 aromatic carbocycles. The lowest BCUT2D eigenvalue weighted by Crippen LogP contribution is -2.56. The fraction of sp³-hybridized carbons (Fsp3) is 0.767. The molecular formula is C30H42ClN3O2. The standard InChI is InChI=1S/C30H42ClN3O2/c1-4-36-18-30-14-11-19(2)15-20(30)5-7-22-23-8-9-25(29(23,3)13-12-24(22)30)28(35)17-34-32-26-10-6-21(31)16-27(26)33-34/h6,10,16,19-20,22-25H,4-5,7-9,11-15,17-18H2,1-3H3/t19?,20?,22?,23?,24?,25-,29?,30?/m1/s1. The van der Waals surface area contributed by atoms with Crippen molar-refractivity contribution in [1.82, 2.24) is 15.0 Å². The van der Waals surface area contributed by atoms with Gasteiger partial charge >= 0.3 is 0 Å². The number of carbonyl (C=O) groups is 1. The van der Waals surface area contributed by atoms with Crippen molar-refractivity contribution in [3.8, 4) is 0 Å². The van der Waals surface area contributed by atoms with E-state index < -0.39 is 0 Å². The highest BCUT2D eigenvalue weighted by Gasteiger charge is 2.62. The highest BCUT2D eigenvalue weighted by molar-refractivity contribution is 6.31. The van der Waals surface area contributed by atoms with Crippen LogP contribution in [0.5, 0.6) is 0 Å². The molecule has 4 fully saturated rings. The summed E-state index contributed by atoms with van der Waals surface area (Å²) in [6.45, 7) is 9.09. The molecule has 1 heterocycles. The van der Waals surface area contributed by atoms with Crippen LogP contribution in [0.25, 0.3) is 11.0 Å². The lowest BCUT2D eigenvalue weighted by Gasteiger charge is -2.62. The molecular weight excluding hydrogens is 470 g/mol. The van der Waals surface area contributed by atoms with Crippen molar-refractivity contribution in [2.24, 2.45) is 46.3 Å². The van der Waals surface area contributed by atoms with Crippen molar-refractivity contribution < 1.29 is 9.53 Å². The summed E-state index contributed by atoms with van der Waals surface area (Å²) in [5.41, 5.74) is 2.02. The van der Waals surface area contributed by atoms with Crippen LogP contribution in [0.4, 0.5) is 0 Å². The van der Waals surface area contributed by atoms with Crippen LogP contribution < -0.4 is 0 Å². The van der Waals surface area contributed by atoms with E-state index in [4.69, 9.17) is 16.3 Å². The van der Waals surface area contributed by atoms with Gasteiger partial charge in [-0.1, -0.05) is 31.9 Å². The second-order valence-electron chi connectivity index (χ2n) is 12.9. The Morgan fingerprint density at radius 3 is 2.75 bits per heavy atom. The molecule has 0 saturated heterocycles. The van der Waals surface area contributed by atoms with Crippen LogP contribution in [0.3, 0.4) is 0 Å². The zero-order chi connectivity index (χ0) is 25.1. The second-order valence-corrected chi connectivity index (χ2v) is 13.3. The first kappa shape index (κ1) is 24.9. The molecule has 2 aromatic rings. The van der Waals surface area contributed by atoms with Gasteiger partial charge in [-0.15, -0.1) is 0 Å². The molecule has 0 radical (unpaired) electrons. The number of rotatable bonds is 6. The van der Waals surface area contributed by atoms with E-state index in [9.17, 15) is 4.79 Å². The van der Waals surface area contributed by atoms with Gasteiger partial charge in [-0.25, -0.2) is 0 Å². The third kappa shape index (κ3) is 3.95. The van der Waals surface area contributed by atoms with Gasteiger partial charge < -0.3 is 4.74 Å². The Bertz CT molecular complexity index is 1130. The van der Waals surface area contributed by atoms with Crippen molar-refractivity contribution in [1.29, 1.82) is 0 Å². The average Bonchev–Trinajstić information content (AvgIpc) is 3.42. The summed E-state index contributed by atoms with van der Waals surface area (Å²) in [4.78, 5) is 15.3. The predicted molar refractivity (Wildman–Crippen MR) is 143 cm³/mol. The SMILES string of the molecule is CCOCC12CCC(C)CC1CCC1C2CCC2(C)C1CC[C@@H]2C(=O)Cn1nc2ccc(Cl)cc2n1. The van der Waals surface area contributed by atoms with Gasteiger partial charge in [-0.2, -0.15) is 15.0 Å². The number of hydrogen-bond acceptors (Lipinski definition) is 4. The second kappa shape index (κ2) is 9.38. The van der Waals surface area contributed by atoms with E-state index >= 15 is 0 Å². The number of benzene rings is 1. The van der Waals surface area contributed by atoms with Gasteiger partial charge in [0.25, 0.3) is 0 Å². The highest BCUT2D eigenvalue weighted by atomic mass is 35.5. The lowest BCUT2D eigenvalue weighted by molar-refractivity contribution is -0.158. The number of hydrogen-bond donors (Lipinski definition) is 0. The Morgan fingerprint density at radius 2 is 1.92 bits per heavy atom. The Balaban J connectivity index is 1.22. The van der Waals surface area contributed by atoms with Gasteiger partial charge in [-0.05, 0) is 117 Å². The normalized spacial score (nSPS) is 40.0. The number of fused-ring (bicyclic) bond motifs is 6. The van der Waals surface area contributed by atoms with Crippen LogP contribution in [0, 0.1) is 46.3 Å². The van der Waals surface area contributed by atoms with Crippen LogP contribution in [0.15, 0.2) is 18.2 Å². The van der Waals surface area contributed by atoms with Crippen LogP contribution in [-0.4, -0.2) is 34.0 Å². The van der Waals surface area contributed by atoms with Crippen LogP contribution in [0.2, 0.25) is 5.02 Å². The fourth-order valence-corrected chi connectivity index (χ4v) is 9.79. The maximum absolute atomic E-state index is 13.7. The van der Waals surface area contributed by atoms with Gasteiger partial charge in [-0.3, -0.25) is 4.79 Å². The molecule has 4 aliphatic rings. The van der Waals surface area contributed by atoms with Crippen molar-refractivity contribution >= 4 is 28.4 Å². The Labute approximate surface area is 220 Å². The molecule has 4 saturated carbocycles. The first-order valence-corrected chi connectivity index (χ1v) is 14.8. The molecule has 6 heteroatoms. The van der Waals surface area contributed by atoms with Crippen LogP contribution >= 0.6 is 11.6 Å². The number of carbonyl (C=O) groups excluding carboxylic acids is 1. The van der Waals surface area contributed by atoms with Crippen LogP contribution in [-0.2, 0) is 16.1 Å². The zero-order valence-corrected chi connectivity index (χ0v) is 23.0. The molecule has 0 spiro atoms. The van der Waals surface area contributed by atoms with E-state index in [2.05, 4.69) is 31.0 Å². The van der Waals surface area contributed by atoms with Gasteiger partial charge in [0.05, 0.1) is 6.61 Å². The fourth-order valence-electron chi connectivity index (χ4n) is 9.62. The van der Waals surface area contributed by atoms with Gasteiger partial charge in [0, 0.05) is 17.5 Å². The summed E-state index contributed by atoms with van der Waals surface area (Å²) in [6, 6.07) is 5.52. The number of ketones is 1. The zero-order valence-electron chi connectivity index (χ0n) is 22.2. The Kier molecular flexibility index (Phi) is 6.47. The molecule has 0 N–H and O–H groups in total. The van der Waals surface area contributed by atoms with E-state index in [0.29, 0.717) is 22.1 Å². The summed E-state index contributed by atoms with van der Waals surface area (Å²) in [6.07, 6.45) is 11.5. The van der Waals surface area contributed by atoms with E-state index in [1.165, 1.54) is 51.4 Å². The van der Waals surface area contributed by atoms with E-state index in [1.807, 2.05) is 18.2 Å². The predicted octanol–water partition coefficient (Wildman–Crippen LogP) is 6.97. The Hall–Kier alpha value is -1.46. The molecule has 4 aliphatic carbocycles. The summed E-state index contributed by atoms with van der Waals surface area (Å²) in [5.74, 6) is 4.29. The number of nitrogens with zero attached hydrogens (tertiary/aromatic N) is 3. The van der Waals surface area contributed by atoms with Gasteiger partial charge in [0.15, 0.2) is 5.78 Å². The first-order chi connectivity index (χ1) is 17.3. The highest BCUT2D eigenvalue weighted by Crippen LogP contribution is 2.68. The van der Waals surface area contributed by atoms with Crippen molar-refractivity contribution in [2.45, 2.75) is 85.1 Å². The quantitative estimate of drug-likeness (QED) is 0.420. The maximum Gasteiger partial charge on any atom is 0.159 e. The summed E-state index contributed by atoms with van der Waals surface area (Å²) >= 11 is 6.12. The van der Waals surface area contributed by atoms with Gasteiger partial charge in [0.2, 0.25) is 0 Å². The molecule has 0 bridgehead atoms. The smallest absolute Gasteiger partial charge is 0.159 e. The first-order valence-electron chi connectivity index (χ1n) is 14.4. The molecule has 0 aliphatic heterocycles. The largest absolute Gasteiger partial charge is 0.381 e. The summed E-state index contributed by atoms with van der Waals surface area (Å²) < 4.78 is 6.23. The molecule has 7 unspecified atom stereocenters. The van der Waals surface area contributed by atoms with Crippen LogP contribution in [0.1, 0.15) is 78.6 Å². The molecule has 6 rings (SSSR count). The van der Waals surface area contributed by atoms with Gasteiger partial charge in [0.1, 0.15) is 17.6 Å². The average molecular weight is 512 g/mol. The third-order valence-corrected chi connectivity index (χ3v) is 11.5. The minimum absolute atomic E-state index is 0.107. The van der Waals surface area contributed by atoms with Crippen molar-refractivity contribution in [2.75, 3.05) is 13.2 Å². The molecule has 0 amide bonds. The third-order valence-electron chi connectivity index (χ3n) is 11.3. The number of ether oxygens (including phenoxy) is 1. The number of aromatic nitrogens is 3. The number of halogens is 1. The summed E-state index contributed by atoms with van der Waals surface area (Å²) in [5, 5.41) is 9.76. The van der Waals surface area contributed by atoms with Crippen molar-refractivity contribution in [3.63, 3.8) is 0 Å². The topological polar surface area (TPSA) is 57.0 Å². The molecule has 36 heavy (non-hydrogen) atoms. The maximum atomic E-state index is 13.7. The lowest BCUT2D eigenvalue weighted by atomic mass is 9.44. The molecule has 8 atom stereocenters. The van der Waals surface area contributed by atoms with E-state index in [1.54, 1.807) is 4.80 Å². The van der Waals surface area contributed by atoms with Crippen molar-refractivity contribution in [3.05, 3.63) is 23.2 Å². The minimum atomic E-state index is 0.107. The van der Waals surface area contributed by atoms with E-state index in [0.717, 1.165) is 54.3 Å². The van der Waals surface area contributed by atoms with E-state index in [-0.39, 0.29) is 17.9 Å². The monoisotopic (exact) mass is 511 g/mol. The molecule has 196 valence electrons. The number of Topliss-reactive ketones (excluding diaryl/α,β-unsaturated/α-hetero) is 1. The molecule has 5 nitrogen and oxygen atoms in total. The minimum Gasteiger partial charge on any atom is -0.381 e.